The maximum Gasteiger partial charge on any atom is 0.311 e. The number of esters is 2. The van der Waals surface area contributed by atoms with Gasteiger partial charge in [0.1, 0.15) is 11.9 Å². The van der Waals surface area contributed by atoms with Crippen LogP contribution in [0.15, 0.2) is 30.0 Å². The van der Waals surface area contributed by atoms with E-state index in [-0.39, 0.29) is 18.9 Å². The van der Waals surface area contributed by atoms with E-state index < -0.39 is 11.9 Å². The van der Waals surface area contributed by atoms with Crippen LogP contribution in [0.1, 0.15) is 64.4 Å². The van der Waals surface area contributed by atoms with E-state index in [1.807, 2.05) is 18.2 Å². The molecule has 0 aromatic heterocycles. The first-order valence-corrected chi connectivity index (χ1v) is 10.8. The van der Waals surface area contributed by atoms with Gasteiger partial charge in [0, 0.05) is 7.11 Å². The van der Waals surface area contributed by atoms with E-state index in [0.717, 1.165) is 44.1 Å². The number of rotatable bonds is 11. The molecular weight excluding hydrogens is 384 g/mol. The summed E-state index contributed by atoms with van der Waals surface area (Å²) in [6, 6.07) is 5.50. The van der Waals surface area contributed by atoms with E-state index >= 15 is 0 Å². The highest BCUT2D eigenvalue weighted by Crippen LogP contribution is 2.31. The summed E-state index contributed by atoms with van der Waals surface area (Å²) in [5, 5.41) is 0. The second kappa shape index (κ2) is 12.4. The zero-order chi connectivity index (χ0) is 21.9. The van der Waals surface area contributed by atoms with Gasteiger partial charge in [-0.05, 0) is 49.0 Å². The third-order valence-electron chi connectivity index (χ3n) is 5.25. The molecule has 0 fully saturated rings. The Hall–Kier alpha value is -2.34. The first-order valence-electron chi connectivity index (χ1n) is 10.8. The third kappa shape index (κ3) is 7.17. The summed E-state index contributed by atoms with van der Waals surface area (Å²) in [5.74, 6) is 1.00. The summed E-state index contributed by atoms with van der Waals surface area (Å²) in [6.07, 6.45) is 7.53. The molecule has 1 aromatic rings. The molecule has 0 spiro atoms. The minimum atomic E-state index is -0.502. The van der Waals surface area contributed by atoms with Crippen LogP contribution in [0.2, 0.25) is 0 Å². The Balaban J connectivity index is 1.85. The molecule has 0 N–H and O–H groups in total. The maximum absolute atomic E-state index is 12.2. The van der Waals surface area contributed by atoms with Crippen LogP contribution < -0.4 is 9.47 Å². The molecule has 0 saturated heterocycles. The number of benzene rings is 1. The molecule has 166 valence electrons. The lowest BCUT2D eigenvalue weighted by atomic mass is 9.88. The molecule has 2 unspecified atom stereocenters. The molecular formula is C24H34O6. The van der Waals surface area contributed by atoms with Crippen LogP contribution in [0.3, 0.4) is 0 Å². The molecule has 0 aliphatic heterocycles. The minimum Gasteiger partial charge on any atom is -0.493 e. The standard InChI is InChI=1S/C24H34O6/c1-5-7-17-9-11-19(21(15-17)27-3)29-23(25)13-14-24(26)30-20-12-10-18(8-6-2)16-22(20)28-4/h9,11-12,15,18,22H,5-8,10,13-14,16H2,1-4H3. The number of methoxy groups -OCH3 is 2. The van der Waals surface area contributed by atoms with Gasteiger partial charge in [0.15, 0.2) is 11.5 Å². The minimum absolute atomic E-state index is 0.0543. The van der Waals surface area contributed by atoms with E-state index in [9.17, 15) is 9.59 Å². The number of hydrogen-bond acceptors (Lipinski definition) is 6. The van der Waals surface area contributed by atoms with Gasteiger partial charge in [-0.15, -0.1) is 0 Å². The quantitative estimate of drug-likeness (QED) is 0.373. The Morgan fingerprint density at radius 2 is 1.73 bits per heavy atom. The van der Waals surface area contributed by atoms with Crippen molar-refractivity contribution < 1.29 is 28.5 Å². The van der Waals surface area contributed by atoms with Crippen LogP contribution in [0, 0.1) is 5.92 Å². The highest BCUT2D eigenvalue weighted by atomic mass is 16.6. The fourth-order valence-corrected chi connectivity index (χ4v) is 3.69. The monoisotopic (exact) mass is 418 g/mol. The number of allylic oxidation sites excluding steroid dienone is 1. The highest BCUT2D eigenvalue weighted by molar-refractivity contribution is 5.80. The van der Waals surface area contributed by atoms with Crippen molar-refractivity contribution in [2.75, 3.05) is 14.2 Å². The van der Waals surface area contributed by atoms with Crippen LogP contribution in [-0.4, -0.2) is 32.3 Å². The van der Waals surface area contributed by atoms with E-state index in [2.05, 4.69) is 13.8 Å². The summed E-state index contributed by atoms with van der Waals surface area (Å²) in [6.45, 7) is 4.26. The van der Waals surface area contributed by atoms with Crippen molar-refractivity contribution in [1.82, 2.24) is 0 Å². The summed E-state index contributed by atoms with van der Waals surface area (Å²) in [4.78, 5) is 24.4. The molecule has 2 atom stereocenters. The van der Waals surface area contributed by atoms with Gasteiger partial charge in [0.2, 0.25) is 0 Å². The maximum atomic E-state index is 12.2. The van der Waals surface area contributed by atoms with Crippen LogP contribution in [0.5, 0.6) is 11.5 Å². The largest absolute Gasteiger partial charge is 0.493 e. The zero-order valence-corrected chi connectivity index (χ0v) is 18.6. The molecule has 30 heavy (non-hydrogen) atoms. The molecule has 1 aliphatic rings. The molecule has 0 amide bonds. The van der Waals surface area contributed by atoms with E-state index in [4.69, 9.17) is 18.9 Å². The average molecular weight is 419 g/mol. The molecule has 2 rings (SSSR count). The van der Waals surface area contributed by atoms with Gasteiger partial charge in [0.05, 0.1) is 20.0 Å². The number of ether oxygens (including phenoxy) is 4. The first kappa shape index (κ1) is 23.9. The van der Waals surface area contributed by atoms with E-state index in [1.54, 1.807) is 13.2 Å². The number of hydrogen-bond donors (Lipinski definition) is 0. The molecule has 6 heteroatoms. The van der Waals surface area contributed by atoms with Crippen LogP contribution in [0.4, 0.5) is 0 Å². The van der Waals surface area contributed by atoms with Crippen molar-refractivity contribution in [3.8, 4) is 11.5 Å². The lowest BCUT2D eigenvalue weighted by Crippen LogP contribution is -2.26. The Morgan fingerprint density at radius 3 is 2.37 bits per heavy atom. The fraction of sp³-hybridized carbons (Fsp3) is 0.583. The first-order chi connectivity index (χ1) is 14.5. The van der Waals surface area contributed by atoms with Gasteiger partial charge < -0.3 is 18.9 Å². The van der Waals surface area contributed by atoms with Gasteiger partial charge in [-0.3, -0.25) is 9.59 Å². The lowest BCUT2D eigenvalue weighted by Gasteiger charge is -2.28. The van der Waals surface area contributed by atoms with Gasteiger partial charge in [0.25, 0.3) is 0 Å². The molecule has 1 aromatic carbocycles. The zero-order valence-electron chi connectivity index (χ0n) is 18.6. The van der Waals surface area contributed by atoms with Crippen molar-refractivity contribution in [2.45, 2.75) is 71.3 Å². The van der Waals surface area contributed by atoms with Crippen LogP contribution in [0.25, 0.3) is 0 Å². The van der Waals surface area contributed by atoms with Crippen molar-refractivity contribution in [2.24, 2.45) is 5.92 Å². The van der Waals surface area contributed by atoms with Gasteiger partial charge >= 0.3 is 11.9 Å². The van der Waals surface area contributed by atoms with E-state index in [1.165, 1.54) is 7.11 Å². The second-order valence-electron chi connectivity index (χ2n) is 7.64. The summed E-state index contributed by atoms with van der Waals surface area (Å²) in [7, 11) is 3.16. The number of carbonyl (C=O) groups excluding carboxylic acids is 2. The SMILES string of the molecule is CCCc1ccc(OC(=O)CCC(=O)OC2=CCC(CCC)CC2OC)c(OC)c1. The Bertz CT molecular complexity index is 739. The Labute approximate surface area is 179 Å². The molecule has 0 saturated carbocycles. The van der Waals surface area contributed by atoms with Crippen molar-refractivity contribution >= 4 is 11.9 Å². The Kier molecular flexibility index (Phi) is 9.87. The second-order valence-corrected chi connectivity index (χ2v) is 7.64. The molecule has 6 nitrogen and oxygen atoms in total. The van der Waals surface area contributed by atoms with Gasteiger partial charge in [-0.1, -0.05) is 39.2 Å². The van der Waals surface area contributed by atoms with Crippen LogP contribution in [-0.2, 0) is 25.5 Å². The molecule has 0 radical (unpaired) electrons. The predicted molar refractivity (Wildman–Crippen MR) is 114 cm³/mol. The molecule has 1 aliphatic carbocycles. The van der Waals surface area contributed by atoms with Crippen molar-refractivity contribution in [3.05, 3.63) is 35.6 Å². The van der Waals surface area contributed by atoms with Gasteiger partial charge in [-0.25, -0.2) is 0 Å². The van der Waals surface area contributed by atoms with Gasteiger partial charge in [-0.2, -0.15) is 0 Å². The summed E-state index contributed by atoms with van der Waals surface area (Å²) < 4.78 is 21.7. The normalized spacial score (nSPS) is 18.5. The Morgan fingerprint density at radius 1 is 1.00 bits per heavy atom. The topological polar surface area (TPSA) is 71.1 Å². The van der Waals surface area contributed by atoms with Crippen LogP contribution >= 0.6 is 0 Å². The molecule has 0 bridgehead atoms. The summed E-state index contributed by atoms with van der Waals surface area (Å²) in [5.41, 5.74) is 1.12. The predicted octanol–water partition coefficient (Wildman–Crippen LogP) is 4.99. The highest BCUT2D eigenvalue weighted by Gasteiger charge is 2.27. The fourth-order valence-electron chi connectivity index (χ4n) is 3.69. The summed E-state index contributed by atoms with van der Waals surface area (Å²) >= 11 is 0. The smallest absolute Gasteiger partial charge is 0.311 e. The van der Waals surface area contributed by atoms with Crippen molar-refractivity contribution in [3.63, 3.8) is 0 Å². The van der Waals surface area contributed by atoms with E-state index in [0.29, 0.717) is 23.2 Å². The third-order valence-corrected chi connectivity index (χ3v) is 5.25. The van der Waals surface area contributed by atoms with Crippen molar-refractivity contribution in [1.29, 1.82) is 0 Å². The number of aryl methyl sites for hydroxylation is 1. The lowest BCUT2D eigenvalue weighted by molar-refractivity contribution is -0.145. The molecule has 0 heterocycles. The number of carbonyl (C=O) groups is 2. The average Bonchev–Trinajstić information content (AvgIpc) is 2.74.